The van der Waals surface area contributed by atoms with Gasteiger partial charge in [-0.1, -0.05) is 13.8 Å². The van der Waals surface area contributed by atoms with Gasteiger partial charge in [-0.2, -0.15) is 5.10 Å². The average molecular weight is 250 g/mol. The molecule has 4 heteroatoms. The molecule has 0 saturated heterocycles. The van der Waals surface area contributed by atoms with E-state index in [1.165, 1.54) is 0 Å². The zero-order valence-corrected chi connectivity index (χ0v) is 11.1. The highest BCUT2D eigenvalue weighted by Crippen LogP contribution is 2.18. The Bertz CT molecular complexity index is 517. The van der Waals surface area contributed by atoms with Gasteiger partial charge in [0.1, 0.15) is 0 Å². The smallest absolute Gasteiger partial charge is 0.153 e. The van der Waals surface area contributed by atoms with Crippen LogP contribution >= 0.6 is 11.6 Å². The van der Waals surface area contributed by atoms with E-state index in [-0.39, 0.29) is 0 Å². The molecule has 3 nitrogen and oxygen atoms in total. The summed E-state index contributed by atoms with van der Waals surface area (Å²) >= 11 is 5.91. The first-order chi connectivity index (χ1) is 8.10. The molecule has 0 amide bonds. The van der Waals surface area contributed by atoms with E-state index in [9.17, 15) is 0 Å². The number of pyridine rings is 1. The van der Waals surface area contributed by atoms with E-state index in [1.807, 2.05) is 25.3 Å². The Morgan fingerprint density at radius 3 is 2.65 bits per heavy atom. The van der Waals surface area contributed by atoms with Crippen molar-refractivity contribution in [2.45, 2.75) is 32.6 Å². The van der Waals surface area contributed by atoms with Gasteiger partial charge in [-0.3, -0.25) is 0 Å². The number of aryl methyl sites for hydroxylation is 1. The van der Waals surface area contributed by atoms with Crippen LogP contribution < -0.4 is 0 Å². The van der Waals surface area contributed by atoms with E-state index in [1.54, 1.807) is 4.68 Å². The predicted molar refractivity (Wildman–Crippen MR) is 69.7 cm³/mol. The fraction of sp³-hybridized carbons (Fsp3) is 0.385. The molecule has 0 aliphatic rings. The summed E-state index contributed by atoms with van der Waals surface area (Å²) in [4.78, 5) is 4.61. The van der Waals surface area contributed by atoms with Crippen LogP contribution in [-0.2, 0) is 5.88 Å². The summed E-state index contributed by atoms with van der Waals surface area (Å²) in [5.41, 5.74) is 3.11. The van der Waals surface area contributed by atoms with Gasteiger partial charge in [0.25, 0.3) is 0 Å². The van der Waals surface area contributed by atoms with Crippen LogP contribution in [0.5, 0.6) is 0 Å². The number of nitrogens with zero attached hydrogens (tertiary/aromatic N) is 3. The van der Waals surface area contributed by atoms with Gasteiger partial charge >= 0.3 is 0 Å². The normalized spacial score (nSPS) is 11.1. The second-order valence-electron chi connectivity index (χ2n) is 4.45. The maximum Gasteiger partial charge on any atom is 0.153 e. The first-order valence-corrected chi connectivity index (χ1v) is 6.23. The van der Waals surface area contributed by atoms with Crippen molar-refractivity contribution >= 4 is 11.6 Å². The monoisotopic (exact) mass is 249 g/mol. The third-order valence-electron chi connectivity index (χ3n) is 2.59. The molecule has 0 unspecified atom stereocenters. The van der Waals surface area contributed by atoms with E-state index in [0.717, 1.165) is 22.8 Å². The summed E-state index contributed by atoms with van der Waals surface area (Å²) in [5.74, 6) is 1.71. The average Bonchev–Trinajstić information content (AvgIpc) is 2.75. The molecule has 0 N–H and O–H groups in total. The molecule has 0 saturated carbocycles. The van der Waals surface area contributed by atoms with Crippen molar-refractivity contribution in [3.05, 3.63) is 41.3 Å². The molecular weight excluding hydrogens is 234 g/mol. The quantitative estimate of drug-likeness (QED) is 0.781. The minimum absolute atomic E-state index is 0.383. The van der Waals surface area contributed by atoms with Gasteiger partial charge in [0.05, 0.1) is 5.69 Å². The van der Waals surface area contributed by atoms with Crippen molar-refractivity contribution in [1.29, 1.82) is 0 Å². The maximum absolute atomic E-state index is 5.91. The lowest BCUT2D eigenvalue weighted by Crippen LogP contribution is -2.04. The van der Waals surface area contributed by atoms with Crippen LogP contribution in [0.15, 0.2) is 24.4 Å². The van der Waals surface area contributed by atoms with Crippen LogP contribution in [0.1, 0.15) is 36.7 Å². The van der Waals surface area contributed by atoms with Crippen LogP contribution in [0.4, 0.5) is 0 Å². The molecule has 2 heterocycles. The number of hydrogen-bond donors (Lipinski definition) is 0. The fourth-order valence-electron chi connectivity index (χ4n) is 1.63. The Balaban J connectivity index is 2.49. The van der Waals surface area contributed by atoms with Crippen LogP contribution in [0.2, 0.25) is 0 Å². The summed E-state index contributed by atoms with van der Waals surface area (Å²) < 4.78 is 1.79. The van der Waals surface area contributed by atoms with E-state index in [2.05, 4.69) is 30.0 Å². The molecule has 2 rings (SSSR count). The van der Waals surface area contributed by atoms with Crippen molar-refractivity contribution in [2.75, 3.05) is 0 Å². The van der Waals surface area contributed by atoms with Gasteiger partial charge in [-0.05, 0) is 36.6 Å². The lowest BCUT2D eigenvalue weighted by Gasteiger charge is -2.09. The summed E-state index contributed by atoms with van der Waals surface area (Å²) in [6, 6.07) is 5.99. The summed E-state index contributed by atoms with van der Waals surface area (Å²) in [7, 11) is 0. The highest BCUT2D eigenvalue weighted by atomic mass is 35.5. The third kappa shape index (κ3) is 2.67. The van der Waals surface area contributed by atoms with E-state index < -0.39 is 0 Å². The largest absolute Gasteiger partial charge is 0.233 e. The lowest BCUT2D eigenvalue weighted by molar-refractivity contribution is 0.776. The number of aromatic nitrogens is 3. The Kier molecular flexibility index (Phi) is 3.48. The van der Waals surface area contributed by atoms with Gasteiger partial charge in [0, 0.05) is 17.8 Å². The van der Waals surface area contributed by atoms with E-state index >= 15 is 0 Å². The van der Waals surface area contributed by atoms with Crippen molar-refractivity contribution in [3.8, 4) is 5.82 Å². The van der Waals surface area contributed by atoms with E-state index in [4.69, 9.17) is 11.6 Å². The number of alkyl halides is 1. The van der Waals surface area contributed by atoms with Crippen LogP contribution in [0.25, 0.3) is 5.82 Å². The minimum atomic E-state index is 0.383. The summed E-state index contributed by atoms with van der Waals surface area (Å²) in [6.07, 6.45) is 1.92. The molecule has 0 spiro atoms. The van der Waals surface area contributed by atoms with Crippen LogP contribution in [0.3, 0.4) is 0 Å². The van der Waals surface area contributed by atoms with Crippen molar-refractivity contribution in [2.24, 2.45) is 0 Å². The van der Waals surface area contributed by atoms with E-state index in [0.29, 0.717) is 11.8 Å². The van der Waals surface area contributed by atoms with Gasteiger partial charge in [-0.15, -0.1) is 11.6 Å². The van der Waals surface area contributed by atoms with Gasteiger partial charge < -0.3 is 0 Å². The zero-order chi connectivity index (χ0) is 12.4. The standard InChI is InChI=1S/C13H16ClN3/c1-9(2)12-6-11(8-14)7-13(15-12)17-5-4-10(3)16-17/h4-7,9H,8H2,1-3H3. The molecule has 0 aromatic carbocycles. The number of hydrogen-bond acceptors (Lipinski definition) is 2. The Morgan fingerprint density at radius 1 is 1.35 bits per heavy atom. The zero-order valence-electron chi connectivity index (χ0n) is 10.3. The second kappa shape index (κ2) is 4.88. The number of rotatable bonds is 3. The molecule has 0 fully saturated rings. The molecule has 2 aromatic rings. The molecule has 0 aliphatic carbocycles. The van der Waals surface area contributed by atoms with Crippen molar-refractivity contribution in [3.63, 3.8) is 0 Å². The summed E-state index contributed by atoms with van der Waals surface area (Å²) in [6.45, 7) is 6.21. The van der Waals surface area contributed by atoms with Crippen LogP contribution in [-0.4, -0.2) is 14.8 Å². The van der Waals surface area contributed by atoms with Crippen LogP contribution in [0, 0.1) is 6.92 Å². The van der Waals surface area contributed by atoms with Gasteiger partial charge in [0.2, 0.25) is 0 Å². The highest BCUT2D eigenvalue weighted by molar-refractivity contribution is 6.17. The third-order valence-corrected chi connectivity index (χ3v) is 2.90. The highest BCUT2D eigenvalue weighted by Gasteiger charge is 2.07. The molecule has 17 heavy (non-hydrogen) atoms. The van der Waals surface area contributed by atoms with Crippen molar-refractivity contribution in [1.82, 2.24) is 14.8 Å². The summed E-state index contributed by atoms with van der Waals surface area (Å²) in [5, 5.41) is 4.37. The molecule has 0 aliphatic heterocycles. The minimum Gasteiger partial charge on any atom is -0.233 e. The predicted octanol–water partition coefficient (Wildman–Crippen LogP) is 3.44. The SMILES string of the molecule is Cc1ccn(-c2cc(CCl)cc(C(C)C)n2)n1. The Morgan fingerprint density at radius 2 is 2.12 bits per heavy atom. The van der Waals surface area contributed by atoms with Gasteiger partial charge in [0.15, 0.2) is 5.82 Å². The Hall–Kier alpha value is -1.35. The molecule has 0 radical (unpaired) electrons. The van der Waals surface area contributed by atoms with Crippen molar-refractivity contribution < 1.29 is 0 Å². The molecule has 90 valence electrons. The molecule has 0 bridgehead atoms. The maximum atomic E-state index is 5.91. The first-order valence-electron chi connectivity index (χ1n) is 5.69. The number of halogens is 1. The molecule has 2 aromatic heterocycles. The fourth-order valence-corrected chi connectivity index (χ4v) is 1.78. The topological polar surface area (TPSA) is 30.7 Å². The molecular formula is C13H16ClN3. The molecule has 0 atom stereocenters. The second-order valence-corrected chi connectivity index (χ2v) is 4.72. The lowest BCUT2D eigenvalue weighted by atomic mass is 10.1. The first kappa shape index (κ1) is 12.1. The van der Waals surface area contributed by atoms with Gasteiger partial charge in [-0.25, -0.2) is 9.67 Å². The Labute approximate surface area is 106 Å².